The van der Waals surface area contributed by atoms with Crippen LogP contribution in [-0.2, 0) is 4.79 Å². The van der Waals surface area contributed by atoms with E-state index in [1.165, 1.54) is 0 Å². The average molecular weight is 152 g/mol. The van der Waals surface area contributed by atoms with E-state index in [4.69, 9.17) is 0 Å². The van der Waals surface area contributed by atoms with Crippen molar-refractivity contribution in [2.45, 2.75) is 13.3 Å². The van der Waals surface area contributed by atoms with Crippen molar-refractivity contribution in [1.82, 2.24) is 20.6 Å². The molecule has 0 radical (unpaired) electrons. The summed E-state index contributed by atoms with van der Waals surface area (Å²) < 4.78 is 0. The van der Waals surface area contributed by atoms with Gasteiger partial charge in [-0.25, -0.2) is 5.10 Å². The van der Waals surface area contributed by atoms with E-state index in [-0.39, 0.29) is 5.78 Å². The lowest BCUT2D eigenvalue weighted by molar-refractivity contribution is -0.113. The number of carbonyl (C=O) groups is 1. The third-order valence-electron chi connectivity index (χ3n) is 1.29. The van der Waals surface area contributed by atoms with Gasteiger partial charge in [0, 0.05) is 6.42 Å². The average Bonchev–Trinajstić information content (AvgIpc) is 2.53. The Balaban J connectivity index is 2.79. The maximum atomic E-state index is 11.0. The van der Waals surface area contributed by atoms with Crippen LogP contribution in [0.4, 0.5) is 0 Å². The first kappa shape index (κ1) is 7.59. The fourth-order valence-electron chi connectivity index (χ4n) is 0.632. The molecule has 1 N–H and O–H groups in total. The van der Waals surface area contributed by atoms with Gasteiger partial charge in [0.2, 0.25) is 0 Å². The largest absolute Gasteiger partial charge is 0.294 e. The summed E-state index contributed by atoms with van der Waals surface area (Å²) in [6.07, 6.45) is 0.416. The van der Waals surface area contributed by atoms with E-state index in [0.29, 0.717) is 17.8 Å². The first-order valence-electron chi connectivity index (χ1n) is 3.22. The molecule has 0 saturated carbocycles. The minimum Gasteiger partial charge on any atom is -0.294 e. The third kappa shape index (κ3) is 1.49. The highest BCUT2D eigenvalue weighted by Crippen LogP contribution is 2.06. The molecular weight excluding hydrogens is 144 g/mol. The molecule has 58 valence electrons. The first-order chi connectivity index (χ1) is 5.25. The molecule has 5 nitrogen and oxygen atoms in total. The van der Waals surface area contributed by atoms with Gasteiger partial charge >= 0.3 is 0 Å². The van der Waals surface area contributed by atoms with Gasteiger partial charge in [0.1, 0.15) is 0 Å². The minimum absolute atomic E-state index is 0.0523. The highest BCUT2D eigenvalue weighted by Gasteiger charge is 2.09. The van der Waals surface area contributed by atoms with Gasteiger partial charge in [-0.1, -0.05) is 13.5 Å². The van der Waals surface area contributed by atoms with E-state index in [2.05, 4.69) is 27.2 Å². The zero-order valence-corrected chi connectivity index (χ0v) is 6.16. The topological polar surface area (TPSA) is 71.5 Å². The number of aromatic nitrogens is 4. The number of H-pyrrole nitrogens is 1. The molecule has 0 aliphatic heterocycles. The smallest absolute Gasteiger partial charge is 0.182 e. The minimum atomic E-state index is -0.0523. The standard InChI is InChI=1S/C6H8N4O/c1-3-5(11)4(2)6-7-9-10-8-6/h2-3H2,1H3,(H,7,8,9,10). The fraction of sp³-hybridized carbons (Fsp3) is 0.333. The Morgan fingerprint density at radius 1 is 1.73 bits per heavy atom. The predicted octanol–water partition coefficient (Wildman–Crippen LogP) is 0.192. The highest BCUT2D eigenvalue weighted by molar-refractivity contribution is 6.18. The number of aromatic amines is 1. The molecule has 1 aromatic rings. The fourth-order valence-corrected chi connectivity index (χ4v) is 0.632. The van der Waals surface area contributed by atoms with Crippen molar-refractivity contribution >= 4 is 11.4 Å². The SMILES string of the molecule is C=C(C(=O)CC)c1nnn[nH]1. The Hall–Kier alpha value is -1.52. The lowest BCUT2D eigenvalue weighted by atomic mass is 10.1. The van der Waals surface area contributed by atoms with Crippen LogP contribution in [0, 0.1) is 0 Å². The van der Waals surface area contributed by atoms with Gasteiger partial charge in [-0.3, -0.25) is 4.79 Å². The number of tetrazole rings is 1. The number of Topliss-reactive ketones (excluding diaryl/α,β-unsaturated/α-hetero) is 1. The molecule has 11 heavy (non-hydrogen) atoms. The Labute approximate surface area is 63.5 Å². The maximum Gasteiger partial charge on any atom is 0.182 e. The molecule has 1 rings (SSSR count). The quantitative estimate of drug-likeness (QED) is 0.627. The van der Waals surface area contributed by atoms with E-state index < -0.39 is 0 Å². The van der Waals surface area contributed by atoms with Gasteiger partial charge in [0.25, 0.3) is 0 Å². The summed E-state index contributed by atoms with van der Waals surface area (Å²) in [5.74, 6) is 0.292. The molecule has 0 spiro atoms. The van der Waals surface area contributed by atoms with Gasteiger partial charge in [-0.05, 0) is 10.4 Å². The molecule has 0 unspecified atom stereocenters. The normalized spacial score (nSPS) is 9.55. The van der Waals surface area contributed by atoms with Crippen LogP contribution in [0.3, 0.4) is 0 Å². The van der Waals surface area contributed by atoms with Crippen molar-refractivity contribution in [1.29, 1.82) is 0 Å². The summed E-state index contributed by atoms with van der Waals surface area (Å²) in [6.45, 7) is 5.31. The first-order valence-corrected chi connectivity index (χ1v) is 3.22. The van der Waals surface area contributed by atoms with Crippen molar-refractivity contribution in [3.05, 3.63) is 12.4 Å². The Bertz CT molecular complexity index is 264. The van der Waals surface area contributed by atoms with Crippen LogP contribution < -0.4 is 0 Å². The number of allylic oxidation sites excluding steroid dienone is 1. The van der Waals surface area contributed by atoms with Crippen molar-refractivity contribution in [2.24, 2.45) is 0 Å². The summed E-state index contributed by atoms with van der Waals surface area (Å²) in [6, 6.07) is 0. The number of nitrogens with one attached hydrogen (secondary N) is 1. The number of ketones is 1. The second-order valence-electron chi connectivity index (χ2n) is 2.01. The van der Waals surface area contributed by atoms with Gasteiger partial charge in [0.05, 0.1) is 5.57 Å². The van der Waals surface area contributed by atoms with Crippen molar-refractivity contribution in [3.8, 4) is 0 Å². The van der Waals surface area contributed by atoms with E-state index in [0.717, 1.165) is 0 Å². The molecule has 0 fully saturated rings. The van der Waals surface area contributed by atoms with E-state index in [1.807, 2.05) is 0 Å². The molecule has 0 aliphatic rings. The van der Waals surface area contributed by atoms with Gasteiger partial charge in [-0.15, -0.1) is 5.10 Å². The van der Waals surface area contributed by atoms with Crippen LogP contribution in [0.1, 0.15) is 19.2 Å². The second kappa shape index (κ2) is 3.05. The molecule has 0 saturated heterocycles. The molecule has 0 bridgehead atoms. The van der Waals surface area contributed by atoms with Crippen molar-refractivity contribution < 1.29 is 4.79 Å². The molecule has 0 amide bonds. The van der Waals surface area contributed by atoms with Gasteiger partial charge in [0.15, 0.2) is 11.6 Å². The van der Waals surface area contributed by atoms with Crippen molar-refractivity contribution in [3.63, 3.8) is 0 Å². The van der Waals surface area contributed by atoms with Crippen LogP contribution in [-0.4, -0.2) is 26.4 Å². The van der Waals surface area contributed by atoms with E-state index in [1.54, 1.807) is 6.92 Å². The molecule has 5 heteroatoms. The van der Waals surface area contributed by atoms with Crippen LogP contribution >= 0.6 is 0 Å². The van der Waals surface area contributed by atoms with Crippen molar-refractivity contribution in [2.75, 3.05) is 0 Å². The Kier molecular flexibility index (Phi) is 2.10. The number of rotatable bonds is 3. The molecule has 0 atom stereocenters. The van der Waals surface area contributed by atoms with Gasteiger partial charge < -0.3 is 0 Å². The van der Waals surface area contributed by atoms with E-state index >= 15 is 0 Å². The Morgan fingerprint density at radius 3 is 2.91 bits per heavy atom. The summed E-state index contributed by atoms with van der Waals surface area (Å²) in [5, 5.41) is 12.7. The third-order valence-corrected chi connectivity index (χ3v) is 1.29. The van der Waals surface area contributed by atoms with Crippen LogP contribution in [0.5, 0.6) is 0 Å². The predicted molar refractivity (Wildman–Crippen MR) is 38.5 cm³/mol. The number of hydrogen-bond donors (Lipinski definition) is 1. The van der Waals surface area contributed by atoms with Crippen LogP contribution in [0.2, 0.25) is 0 Å². The molecule has 0 aliphatic carbocycles. The monoisotopic (exact) mass is 152 g/mol. The van der Waals surface area contributed by atoms with E-state index in [9.17, 15) is 4.79 Å². The molecule has 0 aromatic carbocycles. The summed E-state index contributed by atoms with van der Waals surface area (Å²) >= 11 is 0. The molecular formula is C6H8N4O. The summed E-state index contributed by atoms with van der Waals surface area (Å²) in [4.78, 5) is 11.0. The number of nitrogens with zero attached hydrogens (tertiary/aromatic N) is 3. The van der Waals surface area contributed by atoms with Gasteiger partial charge in [-0.2, -0.15) is 0 Å². The molecule has 1 heterocycles. The zero-order valence-electron chi connectivity index (χ0n) is 6.16. The second-order valence-corrected chi connectivity index (χ2v) is 2.01. The number of hydrogen-bond acceptors (Lipinski definition) is 4. The van der Waals surface area contributed by atoms with Crippen LogP contribution in [0.15, 0.2) is 6.58 Å². The Morgan fingerprint density at radius 2 is 2.45 bits per heavy atom. The maximum absolute atomic E-state index is 11.0. The highest BCUT2D eigenvalue weighted by atomic mass is 16.1. The van der Waals surface area contributed by atoms with Crippen LogP contribution in [0.25, 0.3) is 5.57 Å². The lowest BCUT2D eigenvalue weighted by Gasteiger charge is -1.94. The summed E-state index contributed by atoms with van der Waals surface area (Å²) in [7, 11) is 0. The lowest BCUT2D eigenvalue weighted by Crippen LogP contribution is -1.99. The summed E-state index contributed by atoms with van der Waals surface area (Å²) in [5.41, 5.74) is 0.331. The number of carbonyl (C=O) groups excluding carboxylic acids is 1. The molecule has 1 aromatic heterocycles. The zero-order chi connectivity index (χ0) is 8.27.